The molecule has 1 aliphatic heterocycles. The van der Waals surface area contributed by atoms with Crippen molar-refractivity contribution in [2.75, 3.05) is 19.7 Å². The first-order valence-corrected chi connectivity index (χ1v) is 11.1. The minimum atomic E-state index is -0.511. The van der Waals surface area contributed by atoms with Gasteiger partial charge >= 0.3 is 0 Å². The van der Waals surface area contributed by atoms with Gasteiger partial charge < -0.3 is 14.6 Å². The number of ketones is 2. The van der Waals surface area contributed by atoms with Crippen LogP contribution >= 0.6 is 11.6 Å². The Morgan fingerprint density at radius 1 is 1.23 bits per heavy atom. The van der Waals surface area contributed by atoms with E-state index in [4.69, 9.17) is 16.3 Å². The third-order valence-corrected chi connectivity index (χ3v) is 5.99. The summed E-state index contributed by atoms with van der Waals surface area (Å²) in [5.41, 5.74) is 1.14. The SMILES string of the molecule is CCO[C@H]1CN(C(=O)C(=O)c2ccccc2)CCC1CCC(=O)c1nc(Cl)c(CC)[nH]1. The van der Waals surface area contributed by atoms with E-state index < -0.39 is 11.7 Å². The number of rotatable bonds is 9. The van der Waals surface area contributed by atoms with Gasteiger partial charge in [0, 0.05) is 31.7 Å². The lowest BCUT2D eigenvalue weighted by Crippen LogP contribution is -2.49. The highest BCUT2D eigenvalue weighted by molar-refractivity contribution is 6.42. The molecule has 2 atom stereocenters. The number of aryl methyl sites for hydroxylation is 1. The number of carbonyl (C=O) groups is 3. The standard InChI is InChI=1S/C23H28ClN3O4/c1-3-17-21(24)26-22(25-17)18(28)11-10-15-12-13-27(14-19(15)31-4-2)23(30)20(29)16-8-6-5-7-9-16/h5-9,15,19H,3-4,10-14H2,1-2H3,(H,25,26)/t15?,19-/m0/s1. The number of Topliss-reactive ketones (excluding diaryl/α,β-unsaturated/α-hetero) is 2. The van der Waals surface area contributed by atoms with E-state index in [9.17, 15) is 14.4 Å². The first-order chi connectivity index (χ1) is 14.9. The third kappa shape index (κ3) is 5.60. The first-order valence-electron chi connectivity index (χ1n) is 10.7. The predicted molar refractivity (Wildman–Crippen MR) is 117 cm³/mol. The molecule has 1 aromatic heterocycles. The summed E-state index contributed by atoms with van der Waals surface area (Å²) in [7, 11) is 0. The normalized spacial score (nSPS) is 18.7. The van der Waals surface area contributed by atoms with Crippen molar-refractivity contribution in [3.63, 3.8) is 0 Å². The molecule has 1 amide bonds. The maximum Gasteiger partial charge on any atom is 0.295 e. The van der Waals surface area contributed by atoms with Gasteiger partial charge in [-0.25, -0.2) is 4.98 Å². The maximum atomic E-state index is 12.7. The molecule has 7 nitrogen and oxygen atoms in total. The van der Waals surface area contributed by atoms with Crippen molar-refractivity contribution in [3.8, 4) is 0 Å². The van der Waals surface area contributed by atoms with Crippen molar-refractivity contribution < 1.29 is 19.1 Å². The molecule has 0 aliphatic carbocycles. The van der Waals surface area contributed by atoms with Crippen LogP contribution in [0.1, 0.15) is 59.8 Å². The fourth-order valence-corrected chi connectivity index (χ4v) is 4.19. The average molecular weight is 446 g/mol. The Hall–Kier alpha value is -2.51. The van der Waals surface area contributed by atoms with Crippen molar-refractivity contribution in [2.24, 2.45) is 5.92 Å². The van der Waals surface area contributed by atoms with E-state index in [1.54, 1.807) is 35.2 Å². The topological polar surface area (TPSA) is 92.4 Å². The van der Waals surface area contributed by atoms with E-state index in [0.29, 0.717) is 56.1 Å². The van der Waals surface area contributed by atoms with Crippen LogP contribution < -0.4 is 0 Å². The fourth-order valence-electron chi connectivity index (χ4n) is 3.93. The van der Waals surface area contributed by atoms with Crippen molar-refractivity contribution in [1.29, 1.82) is 0 Å². The molecule has 31 heavy (non-hydrogen) atoms. The molecule has 2 aromatic rings. The molecule has 3 rings (SSSR count). The van der Waals surface area contributed by atoms with Crippen LogP contribution in [-0.4, -0.2) is 58.1 Å². The molecular weight excluding hydrogens is 418 g/mol. The number of nitrogens with zero attached hydrogens (tertiary/aromatic N) is 2. The summed E-state index contributed by atoms with van der Waals surface area (Å²) in [4.78, 5) is 46.5. The zero-order chi connectivity index (χ0) is 22.4. The zero-order valence-corrected chi connectivity index (χ0v) is 18.7. The van der Waals surface area contributed by atoms with Crippen molar-refractivity contribution >= 4 is 29.1 Å². The quantitative estimate of drug-likeness (QED) is 0.469. The molecule has 8 heteroatoms. The van der Waals surface area contributed by atoms with Crippen LogP contribution in [0.2, 0.25) is 5.15 Å². The summed E-state index contributed by atoms with van der Waals surface area (Å²) in [6.07, 6.45) is 2.08. The Bertz CT molecular complexity index is 928. The Labute approximate surface area is 187 Å². The van der Waals surface area contributed by atoms with Gasteiger partial charge in [-0.1, -0.05) is 48.9 Å². The number of aromatic nitrogens is 2. The lowest BCUT2D eigenvalue weighted by atomic mass is 9.88. The van der Waals surface area contributed by atoms with Gasteiger partial charge in [0.1, 0.15) is 0 Å². The van der Waals surface area contributed by atoms with Crippen LogP contribution in [0.15, 0.2) is 30.3 Å². The number of aromatic amines is 1. The monoisotopic (exact) mass is 445 g/mol. The summed E-state index contributed by atoms with van der Waals surface area (Å²) >= 11 is 6.04. The van der Waals surface area contributed by atoms with Gasteiger partial charge in [-0.3, -0.25) is 14.4 Å². The zero-order valence-electron chi connectivity index (χ0n) is 17.9. The van der Waals surface area contributed by atoms with Gasteiger partial charge in [0.2, 0.25) is 5.78 Å². The molecule has 0 radical (unpaired) electrons. The van der Waals surface area contributed by atoms with Gasteiger partial charge in [0.05, 0.1) is 11.8 Å². The number of benzene rings is 1. The first kappa shape index (κ1) is 23.2. The van der Waals surface area contributed by atoms with E-state index >= 15 is 0 Å². The predicted octanol–water partition coefficient (Wildman–Crippen LogP) is 3.72. The van der Waals surface area contributed by atoms with E-state index in [1.165, 1.54) is 0 Å². The van der Waals surface area contributed by atoms with Crippen LogP contribution in [0.5, 0.6) is 0 Å². The van der Waals surface area contributed by atoms with E-state index in [1.807, 2.05) is 13.8 Å². The Morgan fingerprint density at radius 3 is 2.61 bits per heavy atom. The molecule has 1 aliphatic rings. The van der Waals surface area contributed by atoms with Gasteiger partial charge in [-0.15, -0.1) is 0 Å². The number of halogens is 1. The van der Waals surface area contributed by atoms with E-state index in [0.717, 1.165) is 5.69 Å². The number of amides is 1. The van der Waals surface area contributed by atoms with Crippen molar-refractivity contribution in [3.05, 3.63) is 52.6 Å². The second-order valence-corrected chi connectivity index (χ2v) is 8.02. The highest BCUT2D eigenvalue weighted by Gasteiger charge is 2.34. The van der Waals surface area contributed by atoms with E-state index in [2.05, 4.69) is 9.97 Å². The van der Waals surface area contributed by atoms with Gasteiger partial charge in [0.25, 0.3) is 5.91 Å². The molecular formula is C23H28ClN3O4. The molecule has 1 unspecified atom stereocenters. The molecule has 0 bridgehead atoms. The lowest BCUT2D eigenvalue weighted by molar-refractivity contribution is -0.132. The molecule has 0 spiro atoms. The van der Waals surface area contributed by atoms with Crippen molar-refractivity contribution in [1.82, 2.24) is 14.9 Å². The number of nitrogens with one attached hydrogen (secondary N) is 1. The maximum absolute atomic E-state index is 12.7. The molecule has 1 N–H and O–H groups in total. The lowest BCUT2D eigenvalue weighted by Gasteiger charge is -2.38. The molecule has 1 saturated heterocycles. The highest BCUT2D eigenvalue weighted by Crippen LogP contribution is 2.26. The Balaban J connectivity index is 1.60. The molecule has 2 heterocycles. The number of hydrogen-bond acceptors (Lipinski definition) is 5. The molecule has 1 aromatic carbocycles. The molecule has 166 valence electrons. The largest absolute Gasteiger partial charge is 0.376 e. The van der Waals surface area contributed by atoms with E-state index in [-0.39, 0.29) is 23.6 Å². The Morgan fingerprint density at radius 2 is 1.97 bits per heavy atom. The van der Waals surface area contributed by atoms with Gasteiger partial charge in [0.15, 0.2) is 16.8 Å². The minimum absolute atomic E-state index is 0.0883. The number of ether oxygens (including phenoxy) is 1. The second kappa shape index (κ2) is 10.7. The minimum Gasteiger partial charge on any atom is -0.376 e. The number of piperidine rings is 1. The van der Waals surface area contributed by atoms with Crippen LogP contribution in [0, 0.1) is 5.92 Å². The number of hydrogen-bond donors (Lipinski definition) is 1. The smallest absolute Gasteiger partial charge is 0.295 e. The number of imidazole rings is 1. The number of carbonyl (C=O) groups excluding carboxylic acids is 3. The second-order valence-electron chi connectivity index (χ2n) is 7.66. The van der Waals surface area contributed by atoms with Gasteiger partial charge in [-0.05, 0) is 32.1 Å². The van der Waals surface area contributed by atoms with Crippen LogP contribution in [0.4, 0.5) is 0 Å². The fraction of sp³-hybridized carbons (Fsp3) is 0.478. The van der Waals surface area contributed by atoms with Crippen LogP contribution in [-0.2, 0) is 16.0 Å². The summed E-state index contributed by atoms with van der Waals surface area (Å²) in [5.74, 6) is -0.699. The Kier molecular flexibility index (Phi) is 7.98. The molecule has 1 fully saturated rings. The average Bonchev–Trinajstić information content (AvgIpc) is 3.18. The highest BCUT2D eigenvalue weighted by atomic mass is 35.5. The molecule has 0 saturated carbocycles. The van der Waals surface area contributed by atoms with Crippen LogP contribution in [0.3, 0.4) is 0 Å². The third-order valence-electron chi connectivity index (χ3n) is 5.68. The summed E-state index contributed by atoms with van der Waals surface area (Å²) in [6, 6.07) is 8.57. The summed E-state index contributed by atoms with van der Waals surface area (Å²) in [6.45, 7) is 5.15. The summed E-state index contributed by atoms with van der Waals surface area (Å²) < 4.78 is 5.88. The number of H-pyrrole nitrogens is 1. The van der Waals surface area contributed by atoms with Crippen molar-refractivity contribution in [2.45, 2.75) is 45.6 Å². The summed E-state index contributed by atoms with van der Waals surface area (Å²) in [5, 5.41) is 0.341. The number of likely N-dealkylation sites (tertiary alicyclic amines) is 1. The van der Waals surface area contributed by atoms with Gasteiger partial charge in [-0.2, -0.15) is 0 Å². The van der Waals surface area contributed by atoms with Crippen LogP contribution in [0.25, 0.3) is 0 Å².